The van der Waals surface area contributed by atoms with E-state index in [9.17, 15) is 13.2 Å². The number of hydrogen-bond acceptors (Lipinski definition) is 2. The molecule has 1 fully saturated rings. The Balaban J connectivity index is 2.06. The maximum absolute atomic E-state index is 12.7. The number of halogens is 4. The van der Waals surface area contributed by atoms with Crippen molar-refractivity contribution in [1.82, 2.24) is 5.43 Å². The lowest BCUT2D eigenvalue weighted by molar-refractivity contribution is -0.184. The van der Waals surface area contributed by atoms with E-state index in [0.717, 1.165) is 5.56 Å². The van der Waals surface area contributed by atoms with Crippen LogP contribution in [0.3, 0.4) is 0 Å². The van der Waals surface area contributed by atoms with Crippen LogP contribution in [-0.2, 0) is 0 Å². The molecule has 112 valence electrons. The van der Waals surface area contributed by atoms with Crippen molar-refractivity contribution in [1.29, 1.82) is 0 Å². The monoisotopic (exact) mass is 306 g/mol. The molecule has 1 aliphatic rings. The second kappa shape index (κ2) is 6.33. The van der Waals surface area contributed by atoms with E-state index >= 15 is 0 Å². The molecule has 1 aromatic rings. The summed E-state index contributed by atoms with van der Waals surface area (Å²) in [5, 5.41) is 0.591. The third-order valence-electron chi connectivity index (χ3n) is 4.13. The van der Waals surface area contributed by atoms with E-state index in [2.05, 4.69) is 5.43 Å². The zero-order valence-corrected chi connectivity index (χ0v) is 11.7. The highest BCUT2D eigenvalue weighted by Crippen LogP contribution is 2.43. The molecule has 3 N–H and O–H groups in total. The molecule has 1 unspecified atom stereocenters. The van der Waals surface area contributed by atoms with E-state index in [4.69, 9.17) is 17.4 Å². The predicted molar refractivity (Wildman–Crippen MR) is 73.0 cm³/mol. The van der Waals surface area contributed by atoms with Crippen molar-refractivity contribution >= 4 is 11.6 Å². The second-order valence-electron chi connectivity index (χ2n) is 5.32. The van der Waals surface area contributed by atoms with Gasteiger partial charge in [-0.3, -0.25) is 11.3 Å². The summed E-state index contributed by atoms with van der Waals surface area (Å²) in [6, 6.07) is 7.11. The van der Waals surface area contributed by atoms with Crippen LogP contribution in [0.4, 0.5) is 13.2 Å². The number of alkyl halides is 3. The Morgan fingerprint density at radius 3 is 2.25 bits per heavy atom. The highest BCUT2D eigenvalue weighted by Gasteiger charge is 2.42. The standard InChI is InChI=1S/C14H18ClF3N2/c15-12-4-2-1-3-11(12)13(20-19)9-5-7-10(8-6-9)14(16,17)18/h1-4,9-10,13,20H,5-8,19H2. The Morgan fingerprint density at radius 1 is 1.15 bits per heavy atom. The SMILES string of the molecule is NNC(c1ccccc1Cl)C1CCC(C(F)(F)F)CC1. The average Bonchev–Trinajstić information content (AvgIpc) is 2.41. The number of hydrazine groups is 1. The van der Waals surface area contributed by atoms with Gasteiger partial charge in [0.05, 0.1) is 12.0 Å². The molecule has 0 aromatic heterocycles. The van der Waals surface area contributed by atoms with Crippen LogP contribution in [0.15, 0.2) is 24.3 Å². The van der Waals surface area contributed by atoms with Crippen molar-refractivity contribution in [3.8, 4) is 0 Å². The average molecular weight is 307 g/mol. The molecule has 0 saturated heterocycles. The first-order chi connectivity index (χ1) is 9.43. The van der Waals surface area contributed by atoms with Gasteiger partial charge in [0.15, 0.2) is 0 Å². The normalized spacial score (nSPS) is 25.4. The van der Waals surface area contributed by atoms with Gasteiger partial charge in [0.25, 0.3) is 0 Å². The van der Waals surface area contributed by atoms with Crippen LogP contribution in [0.2, 0.25) is 5.02 Å². The van der Waals surface area contributed by atoms with Crippen LogP contribution < -0.4 is 11.3 Å². The number of nitrogens with one attached hydrogen (secondary N) is 1. The molecular weight excluding hydrogens is 289 g/mol. The van der Waals surface area contributed by atoms with Crippen LogP contribution >= 0.6 is 11.6 Å². The van der Waals surface area contributed by atoms with Gasteiger partial charge < -0.3 is 0 Å². The quantitative estimate of drug-likeness (QED) is 0.648. The first-order valence-corrected chi connectivity index (χ1v) is 7.08. The van der Waals surface area contributed by atoms with Crippen molar-refractivity contribution in [3.63, 3.8) is 0 Å². The third kappa shape index (κ3) is 3.45. The van der Waals surface area contributed by atoms with E-state index in [1.54, 1.807) is 6.07 Å². The van der Waals surface area contributed by atoms with E-state index in [1.165, 1.54) is 0 Å². The summed E-state index contributed by atoms with van der Waals surface area (Å²) in [5.74, 6) is 4.50. The van der Waals surface area contributed by atoms with Gasteiger partial charge in [-0.25, -0.2) is 0 Å². The van der Waals surface area contributed by atoms with Gasteiger partial charge >= 0.3 is 6.18 Å². The number of nitrogens with two attached hydrogens (primary N) is 1. The van der Waals surface area contributed by atoms with E-state index in [0.29, 0.717) is 17.9 Å². The zero-order chi connectivity index (χ0) is 14.8. The van der Waals surface area contributed by atoms with E-state index in [-0.39, 0.29) is 24.8 Å². The Labute approximate surface area is 121 Å². The Bertz CT molecular complexity index is 442. The van der Waals surface area contributed by atoms with Crippen molar-refractivity contribution in [2.45, 2.75) is 37.9 Å². The summed E-state index contributed by atoms with van der Waals surface area (Å²) < 4.78 is 38.0. The number of hydrogen-bond donors (Lipinski definition) is 2. The smallest absolute Gasteiger partial charge is 0.271 e. The fourth-order valence-electron chi connectivity index (χ4n) is 2.99. The zero-order valence-electron chi connectivity index (χ0n) is 11.0. The summed E-state index contributed by atoms with van der Waals surface area (Å²) in [4.78, 5) is 0. The van der Waals surface area contributed by atoms with Gasteiger partial charge in [0.1, 0.15) is 0 Å². The minimum Gasteiger partial charge on any atom is -0.271 e. The number of benzene rings is 1. The number of rotatable bonds is 3. The summed E-state index contributed by atoms with van der Waals surface area (Å²) >= 11 is 6.14. The molecule has 1 atom stereocenters. The molecule has 0 bridgehead atoms. The molecular formula is C14H18ClF3N2. The molecule has 0 radical (unpaired) electrons. The Kier molecular flexibility index (Phi) is 4.94. The topological polar surface area (TPSA) is 38.0 Å². The molecule has 1 saturated carbocycles. The summed E-state index contributed by atoms with van der Waals surface area (Å²) in [7, 11) is 0. The second-order valence-corrected chi connectivity index (χ2v) is 5.73. The van der Waals surface area contributed by atoms with Gasteiger partial charge in [0, 0.05) is 5.02 Å². The molecule has 2 nitrogen and oxygen atoms in total. The van der Waals surface area contributed by atoms with Gasteiger partial charge in [-0.1, -0.05) is 29.8 Å². The first-order valence-electron chi connectivity index (χ1n) is 6.70. The minimum absolute atomic E-state index is 0.0819. The fraction of sp³-hybridized carbons (Fsp3) is 0.571. The highest BCUT2D eigenvalue weighted by molar-refractivity contribution is 6.31. The van der Waals surface area contributed by atoms with Crippen LogP contribution in [0, 0.1) is 11.8 Å². The summed E-state index contributed by atoms with van der Waals surface area (Å²) in [6.07, 6.45) is -2.75. The van der Waals surface area contributed by atoms with Crippen LogP contribution in [0.1, 0.15) is 37.3 Å². The lowest BCUT2D eigenvalue weighted by Crippen LogP contribution is -2.37. The van der Waals surface area contributed by atoms with Crippen LogP contribution in [0.5, 0.6) is 0 Å². The van der Waals surface area contributed by atoms with Crippen LogP contribution in [-0.4, -0.2) is 6.18 Å². The van der Waals surface area contributed by atoms with E-state index < -0.39 is 12.1 Å². The molecule has 2 rings (SSSR count). The first kappa shape index (κ1) is 15.6. The predicted octanol–water partition coefficient (Wildman–Crippen LogP) is 4.21. The lowest BCUT2D eigenvalue weighted by Gasteiger charge is -2.34. The van der Waals surface area contributed by atoms with Gasteiger partial charge in [-0.05, 0) is 43.2 Å². The molecule has 1 aliphatic carbocycles. The maximum Gasteiger partial charge on any atom is 0.391 e. The van der Waals surface area contributed by atoms with Crippen molar-refractivity contribution < 1.29 is 13.2 Å². The fourth-order valence-corrected chi connectivity index (χ4v) is 3.24. The highest BCUT2D eigenvalue weighted by atomic mass is 35.5. The molecule has 1 aromatic carbocycles. The van der Waals surface area contributed by atoms with Crippen molar-refractivity contribution in [2.75, 3.05) is 0 Å². The maximum atomic E-state index is 12.7. The molecule has 20 heavy (non-hydrogen) atoms. The summed E-state index contributed by atoms with van der Waals surface area (Å²) in [5.41, 5.74) is 3.57. The van der Waals surface area contributed by atoms with Gasteiger partial charge in [-0.2, -0.15) is 13.2 Å². The Morgan fingerprint density at radius 2 is 1.75 bits per heavy atom. The Hall–Kier alpha value is -0.780. The molecule has 0 amide bonds. The van der Waals surface area contributed by atoms with Crippen molar-refractivity contribution in [3.05, 3.63) is 34.9 Å². The third-order valence-corrected chi connectivity index (χ3v) is 4.47. The van der Waals surface area contributed by atoms with Crippen molar-refractivity contribution in [2.24, 2.45) is 17.7 Å². The lowest BCUT2D eigenvalue weighted by atomic mass is 9.76. The molecule has 0 aliphatic heterocycles. The van der Waals surface area contributed by atoms with Gasteiger partial charge in [0.2, 0.25) is 0 Å². The molecule has 0 heterocycles. The molecule has 6 heteroatoms. The van der Waals surface area contributed by atoms with E-state index in [1.807, 2.05) is 18.2 Å². The van der Waals surface area contributed by atoms with Gasteiger partial charge in [-0.15, -0.1) is 0 Å². The minimum atomic E-state index is -4.08. The van der Waals surface area contributed by atoms with Crippen LogP contribution in [0.25, 0.3) is 0 Å². The largest absolute Gasteiger partial charge is 0.391 e. The summed E-state index contributed by atoms with van der Waals surface area (Å²) in [6.45, 7) is 0. The molecule has 0 spiro atoms.